The number of hydrogen-bond donors (Lipinski definition) is 2. The van der Waals surface area contributed by atoms with E-state index in [-0.39, 0.29) is 16.4 Å². The SMILES string of the molecule is Cc1cc(Cl)c(N)cc1S(=O)(=O)Nc1ccon1. The predicted molar refractivity (Wildman–Crippen MR) is 67.9 cm³/mol. The van der Waals surface area contributed by atoms with Gasteiger partial charge in [0.05, 0.1) is 15.6 Å². The van der Waals surface area contributed by atoms with E-state index < -0.39 is 10.0 Å². The number of aromatic nitrogens is 1. The number of benzene rings is 1. The highest BCUT2D eigenvalue weighted by Gasteiger charge is 2.19. The molecule has 0 saturated carbocycles. The molecule has 3 N–H and O–H groups in total. The molecule has 1 aromatic heterocycles. The maximum absolute atomic E-state index is 12.1. The Kier molecular flexibility index (Phi) is 3.18. The number of nitrogen functional groups attached to an aromatic ring is 1. The molecular formula is C10H10ClN3O3S. The average molecular weight is 288 g/mol. The van der Waals surface area contributed by atoms with E-state index in [1.807, 2.05) is 0 Å². The molecule has 0 fully saturated rings. The zero-order chi connectivity index (χ0) is 13.3. The summed E-state index contributed by atoms with van der Waals surface area (Å²) in [6, 6.07) is 4.19. The number of nitrogens with two attached hydrogens (primary N) is 1. The molecule has 0 saturated heterocycles. The molecular weight excluding hydrogens is 278 g/mol. The number of sulfonamides is 1. The second kappa shape index (κ2) is 4.51. The van der Waals surface area contributed by atoms with Gasteiger partial charge in [0.15, 0.2) is 5.82 Å². The van der Waals surface area contributed by atoms with Crippen molar-refractivity contribution in [3.63, 3.8) is 0 Å². The quantitative estimate of drug-likeness (QED) is 0.842. The van der Waals surface area contributed by atoms with Crippen LogP contribution in [-0.2, 0) is 10.0 Å². The highest BCUT2D eigenvalue weighted by atomic mass is 35.5. The lowest BCUT2D eigenvalue weighted by Gasteiger charge is -2.09. The minimum absolute atomic E-state index is 0.0485. The first-order valence-corrected chi connectivity index (χ1v) is 6.75. The van der Waals surface area contributed by atoms with E-state index in [9.17, 15) is 8.42 Å². The van der Waals surface area contributed by atoms with E-state index in [1.165, 1.54) is 24.5 Å². The van der Waals surface area contributed by atoms with Crippen LogP contribution < -0.4 is 10.5 Å². The summed E-state index contributed by atoms with van der Waals surface area (Å²) >= 11 is 5.81. The van der Waals surface area contributed by atoms with Crippen molar-refractivity contribution in [3.8, 4) is 0 Å². The van der Waals surface area contributed by atoms with Gasteiger partial charge in [-0.2, -0.15) is 0 Å². The Bertz CT molecular complexity index is 668. The minimum Gasteiger partial charge on any atom is -0.397 e. The van der Waals surface area contributed by atoms with E-state index in [4.69, 9.17) is 17.3 Å². The fourth-order valence-electron chi connectivity index (χ4n) is 1.42. The van der Waals surface area contributed by atoms with Gasteiger partial charge in [0.25, 0.3) is 10.0 Å². The summed E-state index contributed by atoms with van der Waals surface area (Å²) in [5.41, 5.74) is 6.29. The molecule has 0 spiro atoms. The van der Waals surface area contributed by atoms with Crippen LogP contribution in [0.2, 0.25) is 5.02 Å². The van der Waals surface area contributed by atoms with Crippen molar-refractivity contribution in [1.29, 1.82) is 0 Å². The Labute approximate surface area is 109 Å². The molecule has 18 heavy (non-hydrogen) atoms. The number of nitrogens with one attached hydrogen (secondary N) is 1. The number of anilines is 2. The second-order valence-corrected chi connectivity index (χ2v) is 5.69. The molecule has 2 rings (SSSR count). The van der Waals surface area contributed by atoms with Gasteiger partial charge in [0, 0.05) is 6.07 Å². The monoisotopic (exact) mass is 287 g/mol. The van der Waals surface area contributed by atoms with E-state index in [0.29, 0.717) is 10.6 Å². The largest absolute Gasteiger partial charge is 0.397 e. The van der Waals surface area contributed by atoms with Crippen molar-refractivity contribution < 1.29 is 12.9 Å². The minimum atomic E-state index is -3.76. The Hall–Kier alpha value is -1.73. The average Bonchev–Trinajstić information content (AvgIpc) is 2.75. The standard InChI is InChI=1S/C10H10ClN3O3S/c1-6-4-7(11)8(12)5-9(6)18(15,16)14-10-2-3-17-13-10/h2-5H,12H2,1H3,(H,13,14). The van der Waals surface area contributed by atoms with Crippen molar-refractivity contribution in [2.75, 3.05) is 10.5 Å². The molecule has 0 unspecified atom stereocenters. The molecule has 8 heteroatoms. The molecule has 0 aliphatic heterocycles. The summed E-state index contributed by atoms with van der Waals surface area (Å²) in [6.07, 6.45) is 1.26. The van der Waals surface area contributed by atoms with Gasteiger partial charge < -0.3 is 10.3 Å². The van der Waals surface area contributed by atoms with Gasteiger partial charge in [0.1, 0.15) is 6.26 Å². The third-order valence-electron chi connectivity index (χ3n) is 2.26. The van der Waals surface area contributed by atoms with E-state index in [1.54, 1.807) is 6.92 Å². The summed E-state index contributed by atoms with van der Waals surface area (Å²) < 4.78 is 31.0. The van der Waals surface area contributed by atoms with E-state index in [0.717, 1.165) is 0 Å². The fraction of sp³-hybridized carbons (Fsp3) is 0.100. The molecule has 96 valence electrons. The molecule has 0 amide bonds. The molecule has 0 aliphatic carbocycles. The lowest BCUT2D eigenvalue weighted by Crippen LogP contribution is -2.15. The molecule has 0 bridgehead atoms. The van der Waals surface area contributed by atoms with Crippen LogP contribution in [0.3, 0.4) is 0 Å². The molecule has 6 nitrogen and oxygen atoms in total. The van der Waals surface area contributed by atoms with E-state index in [2.05, 4.69) is 14.4 Å². The van der Waals surface area contributed by atoms with Crippen LogP contribution >= 0.6 is 11.6 Å². The summed E-state index contributed by atoms with van der Waals surface area (Å²) in [4.78, 5) is 0.0485. The topological polar surface area (TPSA) is 98.2 Å². The summed E-state index contributed by atoms with van der Waals surface area (Å²) in [6.45, 7) is 1.63. The smallest absolute Gasteiger partial charge is 0.263 e. The van der Waals surface area contributed by atoms with Gasteiger partial charge in [-0.1, -0.05) is 16.8 Å². The van der Waals surface area contributed by atoms with Gasteiger partial charge in [-0.15, -0.1) is 0 Å². The van der Waals surface area contributed by atoms with Gasteiger partial charge >= 0.3 is 0 Å². The first-order chi connectivity index (χ1) is 8.40. The third-order valence-corrected chi connectivity index (χ3v) is 4.08. The molecule has 2 aromatic rings. The van der Waals surface area contributed by atoms with Crippen molar-refractivity contribution >= 4 is 33.1 Å². The summed E-state index contributed by atoms with van der Waals surface area (Å²) in [7, 11) is -3.76. The first kappa shape index (κ1) is 12.7. The number of aryl methyl sites for hydroxylation is 1. The maximum Gasteiger partial charge on any atom is 0.263 e. The molecule has 0 atom stereocenters. The first-order valence-electron chi connectivity index (χ1n) is 4.89. The molecule has 1 heterocycles. The van der Waals surface area contributed by atoms with Gasteiger partial charge in [-0.05, 0) is 24.6 Å². The van der Waals surface area contributed by atoms with Crippen molar-refractivity contribution in [2.24, 2.45) is 0 Å². The van der Waals surface area contributed by atoms with Crippen LogP contribution in [0.25, 0.3) is 0 Å². The van der Waals surface area contributed by atoms with Gasteiger partial charge in [0.2, 0.25) is 0 Å². The predicted octanol–water partition coefficient (Wildman–Crippen LogP) is 2.02. The number of rotatable bonds is 3. The Morgan fingerprint density at radius 3 is 2.78 bits per heavy atom. The van der Waals surface area contributed by atoms with Crippen LogP contribution in [0, 0.1) is 6.92 Å². The Balaban J connectivity index is 2.44. The number of hydrogen-bond acceptors (Lipinski definition) is 5. The van der Waals surface area contributed by atoms with Crippen LogP contribution in [0.1, 0.15) is 5.56 Å². The molecule has 0 radical (unpaired) electrons. The van der Waals surface area contributed by atoms with Gasteiger partial charge in [-0.3, -0.25) is 4.72 Å². The lowest BCUT2D eigenvalue weighted by molar-refractivity contribution is 0.423. The summed E-state index contributed by atoms with van der Waals surface area (Å²) in [5, 5.41) is 3.79. The van der Waals surface area contributed by atoms with Gasteiger partial charge in [-0.25, -0.2) is 8.42 Å². The third kappa shape index (κ3) is 2.41. The van der Waals surface area contributed by atoms with Crippen LogP contribution in [-0.4, -0.2) is 13.6 Å². The fourth-order valence-corrected chi connectivity index (χ4v) is 2.89. The number of nitrogens with zero attached hydrogens (tertiary/aromatic N) is 1. The van der Waals surface area contributed by atoms with Crippen LogP contribution in [0.5, 0.6) is 0 Å². The summed E-state index contributed by atoms with van der Waals surface area (Å²) in [5.74, 6) is 0.0999. The van der Waals surface area contributed by atoms with Crippen molar-refractivity contribution in [2.45, 2.75) is 11.8 Å². The number of halogens is 1. The zero-order valence-electron chi connectivity index (χ0n) is 9.34. The Morgan fingerprint density at radius 1 is 1.44 bits per heavy atom. The highest BCUT2D eigenvalue weighted by molar-refractivity contribution is 7.92. The molecule has 1 aromatic carbocycles. The maximum atomic E-state index is 12.1. The molecule has 0 aliphatic rings. The van der Waals surface area contributed by atoms with E-state index >= 15 is 0 Å². The normalized spacial score (nSPS) is 11.4. The van der Waals surface area contributed by atoms with Crippen LogP contribution in [0.4, 0.5) is 11.5 Å². The zero-order valence-corrected chi connectivity index (χ0v) is 10.9. The second-order valence-electron chi connectivity index (χ2n) is 3.63. The highest BCUT2D eigenvalue weighted by Crippen LogP contribution is 2.27. The Morgan fingerprint density at radius 2 is 2.17 bits per heavy atom. The van der Waals surface area contributed by atoms with Crippen molar-refractivity contribution in [1.82, 2.24) is 5.16 Å². The lowest BCUT2D eigenvalue weighted by atomic mass is 10.2. The van der Waals surface area contributed by atoms with Crippen LogP contribution in [0.15, 0.2) is 33.9 Å². The van der Waals surface area contributed by atoms with Crippen molar-refractivity contribution in [3.05, 3.63) is 35.0 Å².